The number of piperidine rings is 1. The molecule has 1 spiro atoms. The smallest absolute Gasteiger partial charge is 0.248 e. The Kier molecular flexibility index (Phi) is 3.41. The molecule has 2 N–H and O–H groups in total. The molecule has 3 aliphatic rings. The first-order chi connectivity index (χ1) is 11.1. The van der Waals surface area contributed by atoms with Crippen molar-refractivity contribution in [3.63, 3.8) is 0 Å². The van der Waals surface area contributed by atoms with Crippen LogP contribution in [0.5, 0.6) is 0 Å². The van der Waals surface area contributed by atoms with Gasteiger partial charge in [0.15, 0.2) is 6.10 Å². The van der Waals surface area contributed by atoms with Gasteiger partial charge in [0.05, 0.1) is 6.54 Å². The zero-order valence-electron chi connectivity index (χ0n) is 13.1. The molecule has 1 unspecified atom stereocenters. The van der Waals surface area contributed by atoms with Crippen molar-refractivity contribution in [1.29, 1.82) is 0 Å². The van der Waals surface area contributed by atoms with Crippen molar-refractivity contribution in [2.24, 2.45) is 11.7 Å². The summed E-state index contributed by atoms with van der Waals surface area (Å²) in [5.74, 6) is 0.899. The van der Waals surface area contributed by atoms with Crippen molar-refractivity contribution in [3.05, 3.63) is 18.2 Å². The first-order valence-electron chi connectivity index (χ1n) is 8.37. The number of aromatic nitrogens is 2. The third-order valence-corrected chi connectivity index (χ3v) is 5.51. The molecule has 2 amide bonds. The summed E-state index contributed by atoms with van der Waals surface area (Å²) < 4.78 is 8.05. The van der Waals surface area contributed by atoms with E-state index in [9.17, 15) is 9.59 Å². The molecule has 2 fully saturated rings. The topological polar surface area (TPSA) is 90.5 Å². The molecule has 7 heteroatoms. The normalized spacial score (nSPS) is 26.6. The van der Waals surface area contributed by atoms with E-state index < -0.39 is 17.6 Å². The monoisotopic (exact) mass is 318 g/mol. The fraction of sp³-hybridized carbons (Fsp3) is 0.688. The van der Waals surface area contributed by atoms with E-state index in [1.165, 1.54) is 0 Å². The van der Waals surface area contributed by atoms with Gasteiger partial charge < -0.3 is 19.9 Å². The van der Waals surface area contributed by atoms with Crippen molar-refractivity contribution in [2.75, 3.05) is 13.1 Å². The molecular formula is C16H22N4O3. The highest BCUT2D eigenvalue weighted by Gasteiger charge is 2.47. The van der Waals surface area contributed by atoms with Gasteiger partial charge in [-0.25, -0.2) is 4.98 Å². The average molecular weight is 318 g/mol. The number of ether oxygens (including phenoxy) is 1. The van der Waals surface area contributed by atoms with Crippen LogP contribution in [0.1, 0.15) is 37.9 Å². The summed E-state index contributed by atoms with van der Waals surface area (Å²) in [6.07, 6.45) is 7.48. The van der Waals surface area contributed by atoms with Crippen LogP contribution < -0.4 is 5.73 Å². The number of likely N-dealkylation sites (tertiary alicyclic amines) is 1. The van der Waals surface area contributed by atoms with Gasteiger partial charge >= 0.3 is 0 Å². The molecule has 124 valence electrons. The molecule has 1 saturated heterocycles. The number of hydrogen-bond donors (Lipinski definition) is 1. The lowest BCUT2D eigenvalue weighted by Crippen LogP contribution is -2.55. The van der Waals surface area contributed by atoms with Crippen molar-refractivity contribution in [2.45, 2.75) is 50.4 Å². The molecule has 1 aromatic rings. The van der Waals surface area contributed by atoms with Gasteiger partial charge in [0, 0.05) is 44.2 Å². The van der Waals surface area contributed by atoms with Crippen LogP contribution in [-0.4, -0.2) is 45.5 Å². The number of nitrogens with zero attached hydrogens (tertiary/aromatic N) is 3. The van der Waals surface area contributed by atoms with Crippen molar-refractivity contribution in [3.8, 4) is 0 Å². The summed E-state index contributed by atoms with van der Waals surface area (Å²) in [4.78, 5) is 30.4. The van der Waals surface area contributed by atoms with Gasteiger partial charge in [0.1, 0.15) is 11.4 Å². The first kappa shape index (κ1) is 14.7. The van der Waals surface area contributed by atoms with Gasteiger partial charge in [-0.15, -0.1) is 0 Å². The molecule has 0 bridgehead atoms. The Hall–Kier alpha value is -1.89. The minimum Gasteiger partial charge on any atom is -0.367 e. The molecule has 3 heterocycles. The van der Waals surface area contributed by atoms with E-state index in [0.29, 0.717) is 32.5 Å². The molecule has 23 heavy (non-hydrogen) atoms. The second-order valence-corrected chi connectivity index (χ2v) is 6.86. The lowest BCUT2D eigenvalue weighted by molar-refractivity contribution is -0.175. The lowest BCUT2D eigenvalue weighted by Gasteiger charge is -2.46. The quantitative estimate of drug-likeness (QED) is 0.854. The molecule has 0 radical (unpaired) electrons. The number of primary amides is 1. The maximum Gasteiger partial charge on any atom is 0.248 e. The molecule has 1 aromatic heterocycles. The first-order valence-corrected chi connectivity index (χ1v) is 8.37. The SMILES string of the molecule is NC(=O)C1Cn2ccnc2C2(CCN(C(=O)C3CCC3)CC2)O1. The summed E-state index contributed by atoms with van der Waals surface area (Å²) in [5, 5.41) is 0. The molecule has 1 saturated carbocycles. The Bertz CT molecular complexity index is 629. The van der Waals surface area contributed by atoms with Gasteiger partial charge in [-0.3, -0.25) is 9.59 Å². The minimum absolute atomic E-state index is 0.219. The Morgan fingerprint density at radius 2 is 2.04 bits per heavy atom. The highest BCUT2D eigenvalue weighted by molar-refractivity contribution is 5.80. The van der Waals surface area contributed by atoms with Crippen molar-refractivity contribution in [1.82, 2.24) is 14.5 Å². The van der Waals surface area contributed by atoms with Gasteiger partial charge in [-0.1, -0.05) is 6.42 Å². The standard InChI is InChI=1S/C16H22N4O3/c17-13(21)12-10-20-9-6-18-15(20)16(23-12)4-7-19(8-5-16)14(22)11-2-1-3-11/h6,9,11-12H,1-5,7-8,10H2,(H2,17,21). The maximum absolute atomic E-state index is 12.4. The van der Waals surface area contributed by atoms with Gasteiger partial charge in [-0.05, 0) is 12.8 Å². The van der Waals surface area contributed by atoms with Gasteiger partial charge in [0.25, 0.3) is 0 Å². The summed E-state index contributed by atoms with van der Waals surface area (Å²) in [5.41, 5.74) is 4.86. The largest absolute Gasteiger partial charge is 0.367 e. The third kappa shape index (κ3) is 2.34. The van der Waals surface area contributed by atoms with E-state index in [1.54, 1.807) is 6.20 Å². The van der Waals surface area contributed by atoms with Crippen LogP contribution in [-0.2, 0) is 26.5 Å². The number of fused-ring (bicyclic) bond motifs is 2. The van der Waals surface area contributed by atoms with Crippen LogP contribution in [0, 0.1) is 5.92 Å². The number of carbonyl (C=O) groups is 2. The second-order valence-electron chi connectivity index (χ2n) is 6.86. The number of amides is 2. The predicted molar refractivity (Wildman–Crippen MR) is 81.1 cm³/mol. The summed E-state index contributed by atoms with van der Waals surface area (Å²) in [6, 6.07) is 0. The van der Waals surface area contributed by atoms with Crippen LogP contribution in [0.3, 0.4) is 0 Å². The highest BCUT2D eigenvalue weighted by atomic mass is 16.5. The number of hydrogen-bond acceptors (Lipinski definition) is 4. The average Bonchev–Trinajstić information content (AvgIpc) is 2.95. The predicted octanol–water partition coefficient (Wildman–Crippen LogP) is 0.385. The Morgan fingerprint density at radius 3 is 2.65 bits per heavy atom. The number of imidazole rings is 1. The Balaban J connectivity index is 1.53. The zero-order chi connectivity index (χ0) is 16.0. The maximum atomic E-state index is 12.4. The number of nitrogens with two attached hydrogens (primary N) is 1. The van der Waals surface area contributed by atoms with Crippen molar-refractivity contribution >= 4 is 11.8 Å². The van der Waals surface area contributed by atoms with E-state index in [-0.39, 0.29) is 11.8 Å². The molecule has 7 nitrogen and oxygen atoms in total. The lowest BCUT2D eigenvalue weighted by atomic mass is 9.82. The molecule has 1 atom stereocenters. The molecule has 4 rings (SSSR count). The summed E-state index contributed by atoms with van der Waals surface area (Å²) >= 11 is 0. The molecule has 1 aliphatic carbocycles. The molecule has 0 aromatic carbocycles. The van der Waals surface area contributed by atoms with E-state index in [1.807, 2.05) is 15.7 Å². The third-order valence-electron chi connectivity index (χ3n) is 5.51. The Morgan fingerprint density at radius 1 is 1.30 bits per heavy atom. The van der Waals surface area contributed by atoms with Crippen molar-refractivity contribution < 1.29 is 14.3 Å². The number of carbonyl (C=O) groups excluding carboxylic acids is 2. The van der Waals surface area contributed by atoms with E-state index in [0.717, 1.165) is 25.1 Å². The van der Waals surface area contributed by atoms with Crippen LogP contribution in [0.4, 0.5) is 0 Å². The summed E-state index contributed by atoms with van der Waals surface area (Å²) in [7, 11) is 0. The van der Waals surface area contributed by atoms with Crippen LogP contribution in [0.25, 0.3) is 0 Å². The van der Waals surface area contributed by atoms with E-state index in [2.05, 4.69) is 4.98 Å². The highest BCUT2D eigenvalue weighted by Crippen LogP contribution is 2.41. The number of rotatable bonds is 2. The molecule has 2 aliphatic heterocycles. The summed E-state index contributed by atoms with van der Waals surface area (Å²) in [6.45, 7) is 1.71. The zero-order valence-corrected chi connectivity index (χ0v) is 13.1. The van der Waals surface area contributed by atoms with Gasteiger partial charge in [0.2, 0.25) is 11.8 Å². The fourth-order valence-electron chi connectivity index (χ4n) is 3.89. The minimum atomic E-state index is -0.634. The van der Waals surface area contributed by atoms with E-state index >= 15 is 0 Å². The van der Waals surface area contributed by atoms with E-state index in [4.69, 9.17) is 10.5 Å². The Labute approximate surface area is 134 Å². The van der Waals surface area contributed by atoms with Crippen LogP contribution >= 0.6 is 0 Å². The van der Waals surface area contributed by atoms with Crippen LogP contribution in [0.15, 0.2) is 12.4 Å². The van der Waals surface area contributed by atoms with Crippen LogP contribution in [0.2, 0.25) is 0 Å². The molecular weight excluding hydrogens is 296 g/mol. The second kappa shape index (κ2) is 5.33. The fourth-order valence-corrected chi connectivity index (χ4v) is 3.89. The van der Waals surface area contributed by atoms with Gasteiger partial charge in [-0.2, -0.15) is 0 Å².